The molecule has 2 N–H and O–H groups in total. The van der Waals surface area contributed by atoms with Gasteiger partial charge in [-0.15, -0.1) is 11.6 Å². The van der Waals surface area contributed by atoms with Crippen molar-refractivity contribution in [3.63, 3.8) is 0 Å². The summed E-state index contributed by atoms with van der Waals surface area (Å²) in [6, 6.07) is 6.25. The molecule has 1 aliphatic heterocycles. The fraction of sp³-hybridized carbons (Fsp3) is 0.412. The van der Waals surface area contributed by atoms with Crippen LogP contribution in [-0.2, 0) is 9.53 Å². The van der Waals surface area contributed by atoms with Crippen molar-refractivity contribution in [3.05, 3.63) is 41.1 Å². The van der Waals surface area contributed by atoms with Crippen LogP contribution in [0.1, 0.15) is 32.4 Å². The molecular formula is C17H21ClN2O4. The van der Waals surface area contributed by atoms with Crippen molar-refractivity contribution in [1.29, 1.82) is 0 Å². The van der Waals surface area contributed by atoms with E-state index in [0.717, 1.165) is 0 Å². The summed E-state index contributed by atoms with van der Waals surface area (Å²) in [6.07, 6.45) is -0.0414. The lowest BCUT2D eigenvalue weighted by atomic mass is 9.95. The van der Waals surface area contributed by atoms with E-state index in [0.29, 0.717) is 22.6 Å². The van der Waals surface area contributed by atoms with E-state index in [4.69, 9.17) is 21.1 Å². The average molecular weight is 353 g/mol. The number of amides is 2. The predicted octanol–water partition coefficient (Wildman–Crippen LogP) is 2.88. The minimum atomic E-state index is -0.656. The lowest BCUT2D eigenvalue weighted by molar-refractivity contribution is -0.139. The minimum absolute atomic E-state index is 0.0414. The summed E-state index contributed by atoms with van der Waals surface area (Å²) in [5, 5.41) is 5.36. The number of para-hydroxylation sites is 1. The summed E-state index contributed by atoms with van der Waals surface area (Å²) in [7, 11) is 0. The highest BCUT2D eigenvalue weighted by molar-refractivity contribution is 6.18. The maximum atomic E-state index is 12.4. The summed E-state index contributed by atoms with van der Waals surface area (Å²) in [5.74, 6) is 0.287. The monoisotopic (exact) mass is 352 g/mol. The first-order valence-corrected chi connectivity index (χ1v) is 8.24. The van der Waals surface area contributed by atoms with E-state index >= 15 is 0 Å². The van der Waals surface area contributed by atoms with Crippen molar-refractivity contribution < 1.29 is 19.1 Å². The van der Waals surface area contributed by atoms with Gasteiger partial charge in [-0.05, 0) is 26.8 Å². The van der Waals surface area contributed by atoms with Gasteiger partial charge >= 0.3 is 12.0 Å². The molecule has 0 spiro atoms. The summed E-state index contributed by atoms with van der Waals surface area (Å²) < 4.78 is 11.0. The van der Waals surface area contributed by atoms with Crippen LogP contribution >= 0.6 is 11.6 Å². The smallest absolute Gasteiger partial charge is 0.338 e. The molecule has 1 atom stereocenters. The molecule has 24 heavy (non-hydrogen) atoms. The van der Waals surface area contributed by atoms with Gasteiger partial charge in [0.2, 0.25) is 0 Å². The first-order valence-electron chi connectivity index (χ1n) is 7.71. The Bertz CT molecular complexity index is 658. The molecule has 0 radical (unpaired) electrons. The van der Waals surface area contributed by atoms with Crippen molar-refractivity contribution in [1.82, 2.24) is 10.6 Å². The van der Waals surface area contributed by atoms with Gasteiger partial charge in [-0.25, -0.2) is 9.59 Å². The molecule has 2 amide bonds. The standard InChI is InChI=1S/C17H21ClN2O4/c1-10(2)24-13-7-5-4-6-12(13)15-14(16(21)23-9-8-18)11(3)19-17(22)20-15/h4-7,10,15H,8-9H2,1-3H3,(H2,19,20,22)/t15-/m1/s1. The normalized spacial score (nSPS) is 17.4. The summed E-state index contributed by atoms with van der Waals surface area (Å²) >= 11 is 5.58. The Morgan fingerprint density at radius 2 is 2.04 bits per heavy atom. The van der Waals surface area contributed by atoms with Gasteiger partial charge in [0.1, 0.15) is 12.4 Å². The van der Waals surface area contributed by atoms with Crippen LogP contribution in [0.3, 0.4) is 0 Å². The lowest BCUT2D eigenvalue weighted by Crippen LogP contribution is -2.45. The first-order chi connectivity index (χ1) is 11.4. The number of urea groups is 1. The van der Waals surface area contributed by atoms with Gasteiger partial charge in [0, 0.05) is 11.3 Å². The number of alkyl halides is 1. The minimum Gasteiger partial charge on any atom is -0.491 e. The van der Waals surface area contributed by atoms with E-state index in [1.807, 2.05) is 32.0 Å². The zero-order chi connectivity index (χ0) is 17.7. The number of rotatable bonds is 6. The Morgan fingerprint density at radius 1 is 1.33 bits per heavy atom. The molecule has 7 heteroatoms. The van der Waals surface area contributed by atoms with Crippen LogP contribution in [0, 0.1) is 0 Å². The second-order valence-corrected chi connectivity index (χ2v) is 5.98. The van der Waals surface area contributed by atoms with Crippen molar-refractivity contribution >= 4 is 23.6 Å². The number of carbonyl (C=O) groups is 2. The molecule has 0 fully saturated rings. The number of ether oxygens (including phenoxy) is 2. The van der Waals surface area contributed by atoms with Crippen molar-refractivity contribution in [2.45, 2.75) is 32.9 Å². The molecule has 1 aromatic rings. The quantitative estimate of drug-likeness (QED) is 0.609. The lowest BCUT2D eigenvalue weighted by Gasteiger charge is -2.29. The van der Waals surface area contributed by atoms with Crippen LogP contribution in [0.4, 0.5) is 4.79 Å². The Hall–Kier alpha value is -2.21. The van der Waals surface area contributed by atoms with Crippen LogP contribution in [-0.4, -0.2) is 30.6 Å². The van der Waals surface area contributed by atoms with E-state index in [-0.39, 0.29) is 24.6 Å². The molecule has 6 nitrogen and oxygen atoms in total. The fourth-order valence-corrected chi connectivity index (χ4v) is 2.56. The largest absolute Gasteiger partial charge is 0.491 e. The second kappa shape index (κ2) is 8.06. The third-order valence-electron chi connectivity index (χ3n) is 3.39. The van der Waals surface area contributed by atoms with E-state index in [2.05, 4.69) is 10.6 Å². The highest BCUT2D eigenvalue weighted by Crippen LogP contribution is 2.33. The van der Waals surface area contributed by atoms with Gasteiger partial charge in [0.25, 0.3) is 0 Å². The topological polar surface area (TPSA) is 76.7 Å². The maximum absolute atomic E-state index is 12.4. The van der Waals surface area contributed by atoms with E-state index in [1.165, 1.54) is 0 Å². The maximum Gasteiger partial charge on any atom is 0.338 e. The number of hydrogen-bond acceptors (Lipinski definition) is 4. The van der Waals surface area contributed by atoms with Crippen LogP contribution < -0.4 is 15.4 Å². The van der Waals surface area contributed by atoms with Crippen molar-refractivity contribution in [2.24, 2.45) is 0 Å². The number of benzene rings is 1. The Balaban J connectivity index is 2.44. The van der Waals surface area contributed by atoms with Crippen LogP contribution in [0.15, 0.2) is 35.5 Å². The van der Waals surface area contributed by atoms with Gasteiger partial charge in [0.05, 0.1) is 23.6 Å². The number of nitrogens with one attached hydrogen (secondary N) is 2. The molecule has 0 aliphatic carbocycles. The molecule has 130 valence electrons. The zero-order valence-electron chi connectivity index (χ0n) is 13.9. The fourth-order valence-electron chi connectivity index (χ4n) is 2.49. The van der Waals surface area contributed by atoms with E-state index in [1.54, 1.807) is 13.0 Å². The van der Waals surface area contributed by atoms with Crippen LogP contribution in [0.5, 0.6) is 5.75 Å². The number of allylic oxidation sites excluding steroid dienone is 1. The second-order valence-electron chi connectivity index (χ2n) is 5.60. The predicted molar refractivity (Wildman–Crippen MR) is 91.0 cm³/mol. The summed E-state index contributed by atoms with van der Waals surface area (Å²) in [5.41, 5.74) is 1.47. The van der Waals surface area contributed by atoms with Crippen molar-refractivity contribution in [2.75, 3.05) is 12.5 Å². The van der Waals surface area contributed by atoms with Gasteiger partial charge in [-0.3, -0.25) is 0 Å². The zero-order valence-corrected chi connectivity index (χ0v) is 14.6. The van der Waals surface area contributed by atoms with Gasteiger partial charge < -0.3 is 20.1 Å². The molecule has 0 unspecified atom stereocenters. The van der Waals surface area contributed by atoms with E-state index in [9.17, 15) is 9.59 Å². The SMILES string of the molecule is CC1=C(C(=O)OCCCl)[C@@H](c2ccccc2OC(C)C)NC(=O)N1. The molecule has 1 heterocycles. The Labute approximate surface area is 146 Å². The highest BCUT2D eigenvalue weighted by Gasteiger charge is 2.33. The number of carbonyl (C=O) groups excluding carboxylic acids is 2. The Kier molecular flexibility index (Phi) is 6.09. The number of hydrogen-bond donors (Lipinski definition) is 2. The third-order valence-corrected chi connectivity index (χ3v) is 3.55. The van der Waals surface area contributed by atoms with Crippen LogP contribution in [0.25, 0.3) is 0 Å². The summed E-state index contributed by atoms with van der Waals surface area (Å²) in [6.45, 7) is 5.58. The van der Waals surface area contributed by atoms with Gasteiger partial charge in [0.15, 0.2) is 0 Å². The van der Waals surface area contributed by atoms with Crippen LogP contribution in [0.2, 0.25) is 0 Å². The van der Waals surface area contributed by atoms with Gasteiger partial charge in [-0.1, -0.05) is 18.2 Å². The molecule has 0 saturated heterocycles. The molecule has 0 saturated carbocycles. The van der Waals surface area contributed by atoms with Gasteiger partial charge in [-0.2, -0.15) is 0 Å². The number of halogens is 1. The highest BCUT2D eigenvalue weighted by atomic mass is 35.5. The van der Waals surface area contributed by atoms with Crippen molar-refractivity contribution in [3.8, 4) is 5.75 Å². The first kappa shape index (κ1) is 18.1. The third kappa shape index (κ3) is 4.20. The molecule has 1 aliphatic rings. The molecule has 2 rings (SSSR count). The molecule has 0 aromatic heterocycles. The molecule has 0 bridgehead atoms. The van der Waals surface area contributed by atoms with E-state index < -0.39 is 12.0 Å². The number of esters is 1. The Morgan fingerprint density at radius 3 is 2.71 bits per heavy atom. The average Bonchev–Trinajstić information content (AvgIpc) is 2.51. The summed E-state index contributed by atoms with van der Waals surface area (Å²) in [4.78, 5) is 24.3. The molecule has 1 aromatic carbocycles. The molecular weight excluding hydrogens is 332 g/mol.